The summed E-state index contributed by atoms with van der Waals surface area (Å²) < 4.78 is 12.8. The van der Waals surface area contributed by atoms with Crippen molar-refractivity contribution in [2.75, 3.05) is 33.9 Å². The summed E-state index contributed by atoms with van der Waals surface area (Å²) in [6.07, 6.45) is 5.65. The van der Waals surface area contributed by atoms with Crippen LogP contribution in [0, 0.1) is 0 Å². The second-order valence-electron chi connectivity index (χ2n) is 5.86. The number of guanidine groups is 1. The van der Waals surface area contributed by atoms with Gasteiger partial charge < -0.3 is 19.7 Å². The molecule has 0 bridgehead atoms. The first kappa shape index (κ1) is 20.4. The van der Waals surface area contributed by atoms with Crippen LogP contribution < -0.4 is 10.1 Å². The summed E-state index contributed by atoms with van der Waals surface area (Å²) >= 11 is 0. The third-order valence-corrected chi connectivity index (χ3v) is 4.13. The van der Waals surface area contributed by atoms with Crippen LogP contribution in [0.15, 0.2) is 35.7 Å². The molecular weight excluding hydrogens is 447 g/mol. The topological polar surface area (TPSA) is 76.8 Å². The van der Waals surface area contributed by atoms with Crippen molar-refractivity contribution in [2.45, 2.75) is 12.6 Å². The molecule has 0 radical (unpaired) electrons. The third kappa shape index (κ3) is 5.07. The summed E-state index contributed by atoms with van der Waals surface area (Å²) in [5.74, 6) is 1.47. The van der Waals surface area contributed by atoms with Gasteiger partial charge in [0, 0.05) is 51.2 Å². The van der Waals surface area contributed by atoms with Crippen molar-refractivity contribution in [1.29, 1.82) is 0 Å². The van der Waals surface area contributed by atoms with E-state index in [2.05, 4.69) is 25.3 Å². The molecule has 142 valence electrons. The highest BCUT2D eigenvalue weighted by molar-refractivity contribution is 14.0. The van der Waals surface area contributed by atoms with E-state index in [0.29, 0.717) is 19.0 Å². The largest absolute Gasteiger partial charge is 0.481 e. The van der Waals surface area contributed by atoms with E-state index in [0.717, 1.165) is 30.2 Å². The SMILES string of the molecule is CN=C(NCc1ccc(OC)nc1)N1CCOC(c2cnn(C)c2)C1.I. The summed E-state index contributed by atoms with van der Waals surface area (Å²) in [7, 11) is 5.32. The highest BCUT2D eigenvalue weighted by Gasteiger charge is 2.25. The average Bonchev–Trinajstić information content (AvgIpc) is 3.09. The van der Waals surface area contributed by atoms with Crippen molar-refractivity contribution in [2.24, 2.45) is 12.0 Å². The first-order chi connectivity index (χ1) is 12.2. The fourth-order valence-electron chi connectivity index (χ4n) is 2.80. The number of aliphatic imine (C=N–C) groups is 1. The summed E-state index contributed by atoms with van der Waals surface area (Å²) in [4.78, 5) is 10.8. The highest BCUT2D eigenvalue weighted by Crippen LogP contribution is 2.21. The van der Waals surface area contributed by atoms with Gasteiger partial charge in [0.05, 0.1) is 26.5 Å². The highest BCUT2D eigenvalue weighted by atomic mass is 127. The number of methoxy groups -OCH3 is 1. The van der Waals surface area contributed by atoms with Gasteiger partial charge in [0.15, 0.2) is 5.96 Å². The average molecular weight is 472 g/mol. The Morgan fingerprint density at radius 1 is 1.42 bits per heavy atom. The number of hydrogen-bond acceptors (Lipinski definition) is 5. The van der Waals surface area contributed by atoms with Gasteiger partial charge in [-0.2, -0.15) is 5.10 Å². The zero-order valence-electron chi connectivity index (χ0n) is 15.3. The maximum absolute atomic E-state index is 5.89. The quantitative estimate of drug-likeness (QED) is 0.414. The van der Waals surface area contributed by atoms with Crippen LogP contribution in [0.2, 0.25) is 0 Å². The van der Waals surface area contributed by atoms with Crippen LogP contribution in [0.25, 0.3) is 0 Å². The van der Waals surface area contributed by atoms with Crippen LogP contribution in [-0.4, -0.2) is 59.5 Å². The molecule has 1 unspecified atom stereocenters. The zero-order valence-corrected chi connectivity index (χ0v) is 17.6. The summed E-state index contributed by atoms with van der Waals surface area (Å²) in [6, 6.07) is 3.84. The predicted molar refractivity (Wildman–Crippen MR) is 110 cm³/mol. The number of ether oxygens (including phenoxy) is 2. The van der Waals surface area contributed by atoms with E-state index >= 15 is 0 Å². The number of rotatable bonds is 4. The Hall–Kier alpha value is -1.88. The van der Waals surface area contributed by atoms with Crippen LogP contribution >= 0.6 is 24.0 Å². The molecule has 0 amide bonds. The number of nitrogens with one attached hydrogen (secondary N) is 1. The minimum Gasteiger partial charge on any atom is -0.481 e. The lowest BCUT2D eigenvalue weighted by molar-refractivity contribution is -0.00805. The van der Waals surface area contributed by atoms with Crippen LogP contribution in [0.3, 0.4) is 0 Å². The summed E-state index contributed by atoms with van der Waals surface area (Å²) in [6.45, 7) is 2.85. The number of halogens is 1. The van der Waals surface area contributed by atoms with E-state index in [1.807, 2.05) is 31.6 Å². The van der Waals surface area contributed by atoms with Gasteiger partial charge in [-0.1, -0.05) is 6.07 Å². The molecule has 3 rings (SSSR count). The van der Waals surface area contributed by atoms with Gasteiger partial charge in [-0.25, -0.2) is 4.98 Å². The number of aryl methyl sites for hydroxylation is 1. The third-order valence-electron chi connectivity index (χ3n) is 4.13. The Kier molecular flexibility index (Phi) is 7.64. The van der Waals surface area contributed by atoms with E-state index in [1.165, 1.54) is 0 Å². The fourth-order valence-corrected chi connectivity index (χ4v) is 2.80. The maximum Gasteiger partial charge on any atom is 0.212 e. The molecule has 0 saturated carbocycles. The second-order valence-corrected chi connectivity index (χ2v) is 5.86. The standard InChI is InChI=1S/C17H24N6O2.HI/c1-18-17(20-9-13-4-5-16(24-3)19-8-13)23-6-7-25-15(12-23)14-10-21-22(2)11-14;/h4-5,8,10-11,15H,6-7,9,12H2,1-3H3,(H,18,20);1H. The van der Waals surface area contributed by atoms with Crippen molar-refractivity contribution in [1.82, 2.24) is 25.0 Å². The summed E-state index contributed by atoms with van der Waals surface area (Å²) in [5, 5.41) is 7.62. The molecule has 1 N–H and O–H groups in total. The molecule has 8 nitrogen and oxygen atoms in total. The van der Waals surface area contributed by atoms with Crippen LogP contribution in [-0.2, 0) is 18.3 Å². The molecule has 26 heavy (non-hydrogen) atoms. The van der Waals surface area contributed by atoms with Crippen molar-refractivity contribution < 1.29 is 9.47 Å². The van der Waals surface area contributed by atoms with Crippen LogP contribution in [0.5, 0.6) is 5.88 Å². The first-order valence-electron chi connectivity index (χ1n) is 8.24. The molecule has 1 saturated heterocycles. The first-order valence-corrected chi connectivity index (χ1v) is 8.24. The fraction of sp³-hybridized carbons (Fsp3) is 0.471. The smallest absolute Gasteiger partial charge is 0.212 e. The molecule has 3 heterocycles. The molecule has 0 aromatic carbocycles. The van der Waals surface area contributed by atoms with E-state index in [1.54, 1.807) is 25.0 Å². The van der Waals surface area contributed by atoms with Gasteiger partial charge in [0.2, 0.25) is 5.88 Å². The molecule has 0 aliphatic carbocycles. The lowest BCUT2D eigenvalue weighted by Gasteiger charge is -2.34. The number of pyridine rings is 1. The molecule has 2 aromatic rings. The molecule has 1 aliphatic heterocycles. The van der Waals surface area contributed by atoms with Gasteiger partial charge in [0.25, 0.3) is 0 Å². The Balaban J connectivity index is 0.00000243. The number of morpholine rings is 1. The van der Waals surface area contributed by atoms with Crippen molar-refractivity contribution in [3.05, 3.63) is 41.9 Å². The maximum atomic E-state index is 5.89. The van der Waals surface area contributed by atoms with Gasteiger partial charge in [-0.15, -0.1) is 24.0 Å². The Labute approximate surface area is 170 Å². The second kappa shape index (κ2) is 9.72. The molecular formula is C17H25IN6O2. The van der Waals surface area contributed by atoms with E-state index < -0.39 is 0 Å². The zero-order chi connectivity index (χ0) is 17.6. The van der Waals surface area contributed by atoms with Gasteiger partial charge in [-0.3, -0.25) is 9.67 Å². The van der Waals surface area contributed by atoms with E-state index in [9.17, 15) is 0 Å². The molecule has 9 heteroatoms. The molecule has 2 aromatic heterocycles. The predicted octanol–water partition coefficient (Wildman–Crippen LogP) is 1.59. The normalized spacial score (nSPS) is 17.6. The minimum absolute atomic E-state index is 0. The van der Waals surface area contributed by atoms with Gasteiger partial charge in [0.1, 0.15) is 6.10 Å². The Morgan fingerprint density at radius 2 is 2.27 bits per heavy atom. The Morgan fingerprint density at radius 3 is 2.88 bits per heavy atom. The number of nitrogens with zero attached hydrogens (tertiary/aromatic N) is 5. The van der Waals surface area contributed by atoms with E-state index in [4.69, 9.17) is 9.47 Å². The van der Waals surface area contributed by atoms with Crippen molar-refractivity contribution in [3.63, 3.8) is 0 Å². The molecule has 1 atom stereocenters. The van der Waals surface area contributed by atoms with Crippen molar-refractivity contribution >= 4 is 29.9 Å². The minimum atomic E-state index is 0. The lowest BCUT2D eigenvalue weighted by Crippen LogP contribution is -2.47. The van der Waals surface area contributed by atoms with Crippen molar-refractivity contribution in [3.8, 4) is 5.88 Å². The lowest BCUT2D eigenvalue weighted by atomic mass is 10.1. The molecule has 0 spiro atoms. The number of hydrogen-bond donors (Lipinski definition) is 1. The van der Waals surface area contributed by atoms with Gasteiger partial charge in [-0.05, 0) is 5.56 Å². The van der Waals surface area contributed by atoms with Crippen LogP contribution in [0.1, 0.15) is 17.2 Å². The van der Waals surface area contributed by atoms with Crippen LogP contribution in [0.4, 0.5) is 0 Å². The van der Waals surface area contributed by atoms with E-state index in [-0.39, 0.29) is 30.1 Å². The molecule has 1 fully saturated rings. The monoisotopic (exact) mass is 472 g/mol. The Bertz CT molecular complexity index is 718. The summed E-state index contributed by atoms with van der Waals surface area (Å²) in [5.41, 5.74) is 2.15. The van der Waals surface area contributed by atoms with Gasteiger partial charge >= 0.3 is 0 Å². The number of aromatic nitrogens is 3. The molecule has 1 aliphatic rings.